The van der Waals surface area contributed by atoms with Crippen LogP contribution in [0.1, 0.15) is 113 Å². The van der Waals surface area contributed by atoms with Gasteiger partial charge in [0, 0.05) is 6.10 Å². The molecule has 4 rings (SSSR count). The first-order valence-corrected chi connectivity index (χ1v) is 18.3. The summed E-state index contributed by atoms with van der Waals surface area (Å²) in [7, 11) is -1.75. The van der Waals surface area contributed by atoms with Crippen molar-refractivity contribution in [1.29, 1.82) is 0 Å². The molecule has 0 radical (unpaired) electrons. The number of hydrogen-bond donors (Lipinski definition) is 2. The van der Waals surface area contributed by atoms with Crippen LogP contribution in [0.25, 0.3) is 0 Å². The Bertz CT molecular complexity index is 906. The molecule has 4 heteroatoms. The summed E-state index contributed by atoms with van der Waals surface area (Å²) in [6.45, 7) is 22.9. The fourth-order valence-corrected chi connectivity index (χ4v) is 10.0. The van der Waals surface area contributed by atoms with Crippen molar-refractivity contribution in [2.45, 2.75) is 149 Å². The molecule has 0 aromatic carbocycles. The molecule has 3 nitrogen and oxygen atoms in total. The fraction of sp³-hybridized carbons (Fsp3) is 0.879. The van der Waals surface area contributed by atoms with E-state index in [-0.39, 0.29) is 5.04 Å². The third kappa shape index (κ3) is 5.35. The van der Waals surface area contributed by atoms with Crippen LogP contribution in [-0.4, -0.2) is 36.3 Å². The second-order valence-electron chi connectivity index (χ2n) is 16.1. The van der Waals surface area contributed by atoms with Gasteiger partial charge < -0.3 is 14.6 Å². The van der Waals surface area contributed by atoms with Crippen LogP contribution in [0, 0.1) is 34.5 Å². The van der Waals surface area contributed by atoms with Crippen molar-refractivity contribution in [3.8, 4) is 0 Å². The molecule has 4 aliphatic rings. The second kappa shape index (κ2) is 9.89. The molecule has 0 aliphatic heterocycles. The summed E-state index contributed by atoms with van der Waals surface area (Å²) in [6, 6.07) is 0. The highest BCUT2D eigenvalue weighted by molar-refractivity contribution is 6.74. The molecule has 212 valence electrons. The summed E-state index contributed by atoms with van der Waals surface area (Å²) < 4.78 is 6.90. The van der Waals surface area contributed by atoms with Crippen molar-refractivity contribution in [1.82, 2.24) is 0 Å². The summed E-state index contributed by atoms with van der Waals surface area (Å²) >= 11 is 0. The average Bonchev–Trinajstić information content (AvgIpc) is 3.13. The molecule has 3 saturated carbocycles. The topological polar surface area (TPSA) is 49.7 Å². The van der Waals surface area contributed by atoms with E-state index in [1.54, 1.807) is 25.0 Å². The van der Waals surface area contributed by atoms with E-state index in [9.17, 15) is 10.2 Å². The Kier molecular flexibility index (Phi) is 7.90. The van der Waals surface area contributed by atoms with Gasteiger partial charge in [-0.05, 0) is 124 Å². The predicted octanol–water partition coefficient (Wildman–Crippen LogP) is 8.42. The third-order valence-corrected chi connectivity index (χ3v) is 16.8. The second-order valence-corrected chi connectivity index (χ2v) is 20.8. The first-order chi connectivity index (χ1) is 16.9. The minimum Gasteiger partial charge on any atom is -0.414 e. The Morgan fingerprint density at radius 3 is 2.27 bits per heavy atom. The highest BCUT2D eigenvalue weighted by Crippen LogP contribution is 2.66. The predicted molar refractivity (Wildman–Crippen MR) is 158 cm³/mol. The molecule has 0 aromatic heterocycles. The zero-order valence-corrected chi connectivity index (χ0v) is 26.8. The van der Waals surface area contributed by atoms with Gasteiger partial charge in [-0.3, -0.25) is 0 Å². The quantitative estimate of drug-likeness (QED) is 0.325. The molecule has 0 spiro atoms. The van der Waals surface area contributed by atoms with Crippen molar-refractivity contribution in [3.63, 3.8) is 0 Å². The van der Waals surface area contributed by atoms with Crippen molar-refractivity contribution >= 4 is 8.32 Å². The molecule has 2 N–H and O–H groups in total. The van der Waals surface area contributed by atoms with E-state index < -0.39 is 20.0 Å². The Morgan fingerprint density at radius 2 is 1.65 bits per heavy atom. The van der Waals surface area contributed by atoms with Crippen LogP contribution >= 0.6 is 0 Å². The maximum atomic E-state index is 10.4. The molecule has 8 atom stereocenters. The molecule has 37 heavy (non-hydrogen) atoms. The van der Waals surface area contributed by atoms with Gasteiger partial charge in [0.1, 0.15) is 0 Å². The van der Waals surface area contributed by atoms with Gasteiger partial charge >= 0.3 is 0 Å². The molecule has 3 fully saturated rings. The summed E-state index contributed by atoms with van der Waals surface area (Å²) in [4.78, 5) is 0. The standard InChI is InChI=1S/C33H58O3Si/c1-22(11-16-29(34)31(5,6)35)26-14-15-27-25-13-12-23-21-24(36-37(9,10)30(2,3)4)17-19-32(23,7)28(25)18-20-33(26,27)8/h12-13,22,24,26-29,34-35H,11,14-21H2,1-10H3/t22-,24+,26-,27+,28+,29-,32+,33-/m1/s1. The number of aliphatic hydroxyl groups excluding tert-OH is 1. The van der Waals surface area contributed by atoms with Crippen LogP contribution in [0.2, 0.25) is 18.1 Å². The molecule has 0 amide bonds. The zero-order valence-electron chi connectivity index (χ0n) is 25.8. The van der Waals surface area contributed by atoms with Crippen molar-refractivity contribution in [3.05, 3.63) is 23.3 Å². The van der Waals surface area contributed by atoms with E-state index in [0.29, 0.717) is 47.0 Å². The zero-order chi connectivity index (χ0) is 27.6. The number of allylic oxidation sites excluding steroid dienone is 3. The largest absolute Gasteiger partial charge is 0.414 e. The summed E-state index contributed by atoms with van der Waals surface area (Å²) in [5.74, 6) is 2.69. The van der Waals surface area contributed by atoms with Gasteiger partial charge in [0.05, 0.1) is 11.7 Å². The smallest absolute Gasteiger partial charge is 0.192 e. The number of rotatable bonds is 7. The highest BCUT2D eigenvalue weighted by Gasteiger charge is 2.57. The van der Waals surface area contributed by atoms with Gasteiger partial charge in [0.25, 0.3) is 0 Å². The van der Waals surface area contributed by atoms with Crippen molar-refractivity contribution in [2.75, 3.05) is 0 Å². The summed E-state index contributed by atoms with van der Waals surface area (Å²) in [5, 5.41) is 20.9. The number of hydrogen-bond acceptors (Lipinski definition) is 3. The Hall–Kier alpha value is -0.423. The monoisotopic (exact) mass is 530 g/mol. The molecular formula is C33H58O3Si. The van der Waals surface area contributed by atoms with Gasteiger partial charge in [0.15, 0.2) is 8.32 Å². The van der Waals surface area contributed by atoms with E-state index in [2.05, 4.69) is 66.8 Å². The number of aliphatic hydroxyl groups is 2. The molecule has 4 aliphatic carbocycles. The SMILES string of the molecule is C[C@H](CC[C@@H](O)C(C)(C)O)[C@H]1CC[C@H]2C3=CC=C4C[C@@H](O[Si](C)(C)C(C)(C)C)CC[C@]4(C)[C@H]3CC[C@]12C. The van der Waals surface area contributed by atoms with E-state index in [0.717, 1.165) is 12.8 Å². The first kappa shape index (κ1) is 29.6. The van der Waals surface area contributed by atoms with Crippen LogP contribution in [0.3, 0.4) is 0 Å². The normalized spacial score (nSPS) is 38.2. The van der Waals surface area contributed by atoms with Gasteiger partial charge in [-0.1, -0.05) is 64.8 Å². The molecule has 0 unspecified atom stereocenters. The van der Waals surface area contributed by atoms with Crippen LogP contribution < -0.4 is 0 Å². The van der Waals surface area contributed by atoms with Crippen LogP contribution in [0.4, 0.5) is 0 Å². The lowest BCUT2D eigenvalue weighted by molar-refractivity contribution is -0.0557. The van der Waals surface area contributed by atoms with E-state index in [1.807, 2.05) is 0 Å². The van der Waals surface area contributed by atoms with Crippen LogP contribution in [0.5, 0.6) is 0 Å². The van der Waals surface area contributed by atoms with Crippen LogP contribution in [-0.2, 0) is 4.43 Å². The molecule has 0 heterocycles. The lowest BCUT2D eigenvalue weighted by atomic mass is 9.50. The van der Waals surface area contributed by atoms with Crippen molar-refractivity contribution in [2.24, 2.45) is 34.5 Å². The van der Waals surface area contributed by atoms with E-state index in [1.165, 1.54) is 38.5 Å². The maximum absolute atomic E-state index is 10.4. The summed E-state index contributed by atoms with van der Waals surface area (Å²) in [6.07, 6.45) is 15.4. The average molecular weight is 531 g/mol. The fourth-order valence-electron chi connectivity index (χ4n) is 8.61. The summed E-state index contributed by atoms with van der Waals surface area (Å²) in [5.41, 5.74) is 3.07. The Balaban J connectivity index is 1.48. The Morgan fingerprint density at radius 1 is 0.973 bits per heavy atom. The van der Waals surface area contributed by atoms with E-state index >= 15 is 0 Å². The third-order valence-electron chi connectivity index (χ3n) is 12.3. The van der Waals surface area contributed by atoms with E-state index in [4.69, 9.17) is 4.43 Å². The van der Waals surface area contributed by atoms with Gasteiger partial charge in [0.2, 0.25) is 0 Å². The van der Waals surface area contributed by atoms with Crippen molar-refractivity contribution < 1.29 is 14.6 Å². The number of fused-ring (bicyclic) bond motifs is 5. The molecule has 0 bridgehead atoms. The minimum atomic E-state index is -1.75. The van der Waals surface area contributed by atoms with Gasteiger partial charge in [-0.25, -0.2) is 0 Å². The molecular weight excluding hydrogens is 472 g/mol. The Labute approximate surface area is 229 Å². The minimum absolute atomic E-state index is 0.262. The molecule has 0 saturated heterocycles. The molecule has 0 aromatic rings. The lowest BCUT2D eigenvalue weighted by Gasteiger charge is -2.56. The first-order valence-electron chi connectivity index (χ1n) is 15.4. The van der Waals surface area contributed by atoms with Gasteiger partial charge in [-0.2, -0.15) is 0 Å². The lowest BCUT2D eigenvalue weighted by Crippen LogP contribution is -2.49. The van der Waals surface area contributed by atoms with Crippen LogP contribution in [0.15, 0.2) is 23.3 Å². The van der Waals surface area contributed by atoms with Gasteiger partial charge in [-0.15, -0.1) is 0 Å². The highest BCUT2D eigenvalue weighted by atomic mass is 28.4. The maximum Gasteiger partial charge on any atom is 0.192 e.